The average molecular weight is 236 g/mol. The average Bonchev–Trinajstić information content (AvgIpc) is 2.78. The fourth-order valence-corrected chi connectivity index (χ4v) is 1.84. The maximum Gasteiger partial charge on any atom is 0.308 e. The summed E-state index contributed by atoms with van der Waals surface area (Å²) in [7, 11) is 1.37. The summed E-state index contributed by atoms with van der Waals surface area (Å²) in [5.41, 5.74) is 2.14. The lowest BCUT2D eigenvalue weighted by Crippen LogP contribution is -2.16. The van der Waals surface area contributed by atoms with Crippen LogP contribution >= 0.6 is 0 Å². The Morgan fingerprint density at radius 2 is 2.24 bits per heavy atom. The predicted octanol–water partition coefficient (Wildman–Crippen LogP) is 1.97. The summed E-state index contributed by atoms with van der Waals surface area (Å²) in [5.74, 6) is -0.274. The van der Waals surface area contributed by atoms with Crippen LogP contribution in [0.1, 0.15) is 23.8 Å². The van der Waals surface area contributed by atoms with Crippen LogP contribution in [-0.2, 0) is 19.0 Å². The molecule has 2 unspecified atom stereocenters. The first kappa shape index (κ1) is 12.1. The van der Waals surface area contributed by atoms with E-state index in [0.717, 1.165) is 11.1 Å². The van der Waals surface area contributed by atoms with E-state index in [9.17, 15) is 4.79 Å². The van der Waals surface area contributed by atoms with Gasteiger partial charge in [-0.05, 0) is 12.5 Å². The molecule has 1 aliphatic heterocycles. The lowest BCUT2D eigenvalue weighted by molar-refractivity contribution is -0.143. The standard InChI is InChI=1S/C13H16O4/c1-9-5-3-4-6-11(9)13-16-8-10(17-13)7-12(14)15-2/h3-6,10,13H,7-8H2,1-2H3. The molecule has 0 aromatic heterocycles. The fraction of sp³-hybridized carbons (Fsp3) is 0.462. The van der Waals surface area contributed by atoms with Gasteiger partial charge < -0.3 is 14.2 Å². The van der Waals surface area contributed by atoms with E-state index in [1.165, 1.54) is 7.11 Å². The van der Waals surface area contributed by atoms with E-state index in [-0.39, 0.29) is 24.8 Å². The summed E-state index contributed by atoms with van der Waals surface area (Å²) in [4.78, 5) is 11.1. The van der Waals surface area contributed by atoms with E-state index in [4.69, 9.17) is 9.47 Å². The molecule has 92 valence electrons. The number of hydrogen-bond donors (Lipinski definition) is 0. The maximum absolute atomic E-state index is 11.1. The number of methoxy groups -OCH3 is 1. The summed E-state index contributed by atoms with van der Waals surface area (Å²) in [6, 6.07) is 7.90. The Balaban J connectivity index is 1.98. The van der Waals surface area contributed by atoms with E-state index in [1.807, 2.05) is 31.2 Å². The van der Waals surface area contributed by atoms with Crippen molar-refractivity contribution in [2.24, 2.45) is 0 Å². The van der Waals surface area contributed by atoms with Gasteiger partial charge in [0.2, 0.25) is 0 Å². The number of rotatable bonds is 3. The minimum atomic E-state index is -0.370. The smallest absolute Gasteiger partial charge is 0.308 e. The molecule has 1 saturated heterocycles. The van der Waals surface area contributed by atoms with Crippen molar-refractivity contribution in [3.05, 3.63) is 35.4 Å². The van der Waals surface area contributed by atoms with Crippen LogP contribution in [0.3, 0.4) is 0 Å². The summed E-state index contributed by atoms with van der Waals surface area (Å²) < 4.78 is 15.8. The Kier molecular flexibility index (Phi) is 3.76. The topological polar surface area (TPSA) is 44.8 Å². The zero-order valence-corrected chi connectivity index (χ0v) is 10.0. The van der Waals surface area contributed by atoms with Crippen LogP contribution < -0.4 is 0 Å². The molecule has 4 nitrogen and oxygen atoms in total. The van der Waals surface area contributed by atoms with Gasteiger partial charge in [0.05, 0.1) is 26.2 Å². The van der Waals surface area contributed by atoms with Crippen molar-refractivity contribution in [2.45, 2.75) is 25.7 Å². The maximum atomic E-state index is 11.1. The van der Waals surface area contributed by atoms with Gasteiger partial charge in [0.25, 0.3) is 0 Å². The number of aryl methyl sites for hydroxylation is 1. The molecule has 1 heterocycles. The molecule has 1 aromatic carbocycles. The lowest BCUT2D eigenvalue weighted by atomic mass is 10.1. The number of esters is 1. The summed E-state index contributed by atoms with van der Waals surface area (Å²) >= 11 is 0. The van der Waals surface area contributed by atoms with Gasteiger partial charge in [-0.15, -0.1) is 0 Å². The lowest BCUT2D eigenvalue weighted by Gasteiger charge is -2.13. The Labute approximate surface area is 100 Å². The molecule has 4 heteroatoms. The SMILES string of the molecule is COC(=O)CC1COC(c2ccccc2C)O1. The van der Waals surface area contributed by atoms with Gasteiger partial charge >= 0.3 is 5.97 Å². The molecular formula is C13H16O4. The number of carbonyl (C=O) groups is 1. The predicted molar refractivity (Wildman–Crippen MR) is 61.4 cm³/mol. The quantitative estimate of drug-likeness (QED) is 0.753. The summed E-state index contributed by atoms with van der Waals surface area (Å²) in [6.45, 7) is 2.43. The molecule has 0 radical (unpaired) electrons. The largest absolute Gasteiger partial charge is 0.469 e. The van der Waals surface area contributed by atoms with E-state index in [2.05, 4.69) is 4.74 Å². The van der Waals surface area contributed by atoms with Crippen LogP contribution in [0.2, 0.25) is 0 Å². The number of hydrogen-bond acceptors (Lipinski definition) is 4. The normalized spacial score (nSPS) is 23.6. The van der Waals surface area contributed by atoms with E-state index < -0.39 is 0 Å². The first-order valence-corrected chi connectivity index (χ1v) is 5.60. The van der Waals surface area contributed by atoms with Crippen LogP contribution in [-0.4, -0.2) is 25.8 Å². The number of ether oxygens (including phenoxy) is 3. The molecular weight excluding hydrogens is 220 g/mol. The van der Waals surface area contributed by atoms with Gasteiger partial charge in [-0.3, -0.25) is 4.79 Å². The number of benzene rings is 1. The van der Waals surface area contributed by atoms with Crippen LogP contribution in [0.15, 0.2) is 24.3 Å². The minimum absolute atomic E-state index is 0.216. The Morgan fingerprint density at radius 3 is 2.94 bits per heavy atom. The van der Waals surface area contributed by atoms with Gasteiger partial charge in [0, 0.05) is 5.56 Å². The third-order valence-electron chi connectivity index (χ3n) is 2.81. The molecule has 0 saturated carbocycles. The van der Waals surface area contributed by atoms with Gasteiger partial charge in [0.1, 0.15) is 0 Å². The van der Waals surface area contributed by atoms with Crippen LogP contribution in [0.25, 0.3) is 0 Å². The van der Waals surface area contributed by atoms with E-state index in [1.54, 1.807) is 0 Å². The molecule has 2 rings (SSSR count). The van der Waals surface area contributed by atoms with Crippen molar-refractivity contribution < 1.29 is 19.0 Å². The van der Waals surface area contributed by atoms with Crippen molar-refractivity contribution in [3.63, 3.8) is 0 Å². The summed E-state index contributed by atoms with van der Waals surface area (Å²) in [6.07, 6.45) is -0.350. The van der Waals surface area contributed by atoms with E-state index >= 15 is 0 Å². The van der Waals surface area contributed by atoms with Crippen LogP contribution in [0, 0.1) is 6.92 Å². The molecule has 17 heavy (non-hydrogen) atoms. The van der Waals surface area contributed by atoms with Gasteiger partial charge in [-0.2, -0.15) is 0 Å². The monoisotopic (exact) mass is 236 g/mol. The zero-order chi connectivity index (χ0) is 12.3. The Hall–Kier alpha value is -1.39. The third-order valence-corrected chi connectivity index (χ3v) is 2.81. The molecule has 0 N–H and O–H groups in total. The third kappa shape index (κ3) is 2.84. The van der Waals surface area contributed by atoms with Gasteiger partial charge in [0.15, 0.2) is 6.29 Å². The molecule has 0 spiro atoms. The zero-order valence-electron chi connectivity index (χ0n) is 10.0. The summed E-state index contributed by atoms with van der Waals surface area (Å²) in [5, 5.41) is 0. The van der Waals surface area contributed by atoms with Crippen molar-refractivity contribution in [3.8, 4) is 0 Å². The molecule has 1 aliphatic rings. The van der Waals surface area contributed by atoms with Gasteiger partial charge in [-0.25, -0.2) is 0 Å². The van der Waals surface area contributed by atoms with Crippen molar-refractivity contribution in [1.82, 2.24) is 0 Å². The van der Waals surface area contributed by atoms with Crippen molar-refractivity contribution in [2.75, 3.05) is 13.7 Å². The second-order valence-electron chi connectivity index (χ2n) is 4.06. The first-order valence-electron chi connectivity index (χ1n) is 5.60. The molecule has 0 amide bonds. The highest BCUT2D eigenvalue weighted by molar-refractivity contribution is 5.69. The van der Waals surface area contributed by atoms with Crippen molar-refractivity contribution in [1.29, 1.82) is 0 Å². The highest BCUT2D eigenvalue weighted by atomic mass is 16.7. The highest BCUT2D eigenvalue weighted by Crippen LogP contribution is 2.30. The van der Waals surface area contributed by atoms with E-state index in [0.29, 0.717) is 6.61 Å². The van der Waals surface area contributed by atoms with Crippen molar-refractivity contribution >= 4 is 5.97 Å². The second-order valence-corrected chi connectivity index (χ2v) is 4.06. The minimum Gasteiger partial charge on any atom is -0.469 e. The van der Waals surface area contributed by atoms with Crippen LogP contribution in [0.5, 0.6) is 0 Å². The second kappa shape index (κ2) is 5.29. The van der Waals surface area contributed by atoms with Crippen LogP contribution in [0.4, 0.5) is 0 Å². The Bertz CT molecular complexity index is 402. The molecule has 0 aliphatic carbocycles. The molecule has 1 fully saturated rings. The highest BCUT2D eigenvalue weighted by Gasteiger charge is 2.29. The fourth-order valence-electron chi connectivity index (χ4n) is 1.84. The molecule has 0 bridgehead atoms. The number of carbonyl (C=O) groups excluding carboxylic acids is 1. The first-order chi connectivity index (χ1) is 8.20. The molecule has 1 aromatic rings. The molecule has 2 atom stereocenters. The van der Waals surface area contributed by atoms with Gasteiger partial charge in [-0.1, -0.05) is 24.3 Å². The Morgan fingerprint density at radius 1 is 1.47 bits per heavy atom.